The van der Waals surface area contributed by atoms with Crippen LogP contribution in [0.15, 0.2) is 41.7 Å². The number of guanidine groups is 1. The lowest BCUT2D eigenvalue weighted by molar-refractivity contribution is -0.274. The van der Waals surface area contributed by atoms with Crippen LogP contribution >= 0.6 is 0 Å². The summed E-state index contributed by atoms with van der Waals surface area (Å²) in [5.41, 5.74) is 0.358. The molecule has 0 amide bonds. The Balaban J connectivity index is 1.89. The monoisotopic (exact) mass is 413 g/mol. The molecule has 0 fully saturated rings. The van der Waals surface area contributed by atoms with Crippen molar-refractivity contribution in [3.05, 3.63) is 47.8 Å². The van der Waals surface area contributed by atoms with E-state index in [0.29, 0.717) is 31.0 Å². The number of aromatic nitrogens is 2. The second-order valence-electron chi connectivity index (χ2n) is 6.74. The minimum absolute atomic E-state index is 0.136. The average Bonchev–Trinajstić information content (AvgIpc) is 3.07. The summed E-state index contributed by atoms with van der Waals surface area (Å²) in [5, 5.41) is 20.9. The van der Waals surface area contributed by atoms with Crippen molar-refractivity contribution in [3.63, 3.8) is 0 Å². The Morgan fingerprint density at radius 1 is 1.24 bits per heavy atom. The molecule has 0 aliphatic carbocycles. The topological polar surface area (TPSA) is 83.7 Å². The molecule has 2 aromatic rings. The summed E-state index contributed by atoms with van der Waals surface area (Å²) < 4.78 is 42.1. The van der Waals surface area contributed by atoms with E-state index in [1.165, 1.54) is 12.1 Å². The van der Waals surface area contributed by atoms with Gasteiger partial charge in [0.1, 0.15) is 11.4 Å². The molecule has 0 saturated carbocycles. The number of rotatable bonds is 8. The van der Waals surface area contributed by atoms with Crippen molar-refractivity contribution >= 4 is 5.96 Å². The molecule has 2 rings (SSSR count). The van der Waals surface area contributed by atoms with Crippen LogP contribution in [0.2, 0.25) is 0 Å². The van der Waals surface area contributed by atoms with Crippen molar-refractivity contribution in [2.75, 3.05) is 19.6 Å². The van der Waals surface area contributed by atoms with Gasteiger partial charge >= 0.3 is 6.36 Å². The van der Waals surface area contributed by atoms with Crippen LogP contribution in [0.3, 0.4) is 0 Å². The maximum absolute atomic E-state index is 12.2. The van der Waals surface area contributed by atoms with Gasteiger partial charge in [0, 0.05) is 31.9 Å². The first-order chi connectivity index (χ1) is 13.6. The van der Waals surface area contributed by atoms with Crippen molar-refractivity contribution in [1.82, 2.24) is 20.4 Å². The van der Waals surface area contributed by atoms with Crippen LogP contribution in [0, 0.1) is 0 Å². The zero-order valence-electron chi connectivity index (χ0n) is 16.6. The molecule has 1 aromatic heterocycles. The Hall–Kier alpha value is -2.75. The highest BCUT2D eigenvalue weighted by atomic mass is 19.4. The minimum Gasteiger partial charge on any atom is -0.406 e. The quantitative estimate of drug-likeness (QED) is 0.457. The molecule has 1 unspecified atom stereocenters. The van der Waals surface area contributed by atoms with E-state index < -0.39 is 12.0 Å². The number of benzene rings is 1. The molecule has 0 saturated heterocycles. The smallest absolute Gasteiger partial charge is 0.406 e. The Morgan fingerprint density at radius 3 is 2.48 bits per heavy atom. The molecule has 0 bridgehead atoms. The summed E-state index contributed by atoms with van der Waals surface area (Å²) in [4.78, 5) is 4.42. The molecule has 10 heteroatoms. The van der Waals surface area contributed by atoms with E-state index in [4.69, 9.17) is 0 Å². The number of aryl methyl sites for hydroxylation is 1. The van der Waals surface area contributed by atoms with Crippen LogP contribution in [-0.2, 0) is 19.1 Å². The van der Waals surface area contributed by atoms with Gasteiger partial charge in [-0.15, -0.1) is 13.2 Å². The normalized spacial score (nSPS) is 14.4. The third-order valence-electron chi connectivity index (χ3n) is 4.08. The van der Waals surface area contributed by atoms with Gasteiger partial charge in [0.15, 0.2) is 5.96 Å². The predicted octanol–water partition coefficient (Wildman–Crippen LogP) is 2.32. The summed E-state index contributed by atoms with van der Waals surface area (Å²) in [6, 6.07) is 5.74. The summed E-state index contributed by atoms with van der Waals surface area (Å²) in [6.07, 6.45) is -0.781. The summed E-state index contributed by atoms with van der Waals surface area (Å²) >= 11 is 0. The molecule has 1 atom stereocenters. The van der Waals surface area contributed by atoms with Crippen molar-refractivity contribution < 1.29 is 23.0 Å². The maximum atomic E-state index is 12.2. The maximum Gasteiger partial charge on any atom is 0.573 e. The molecule has 1 aromatic carbocycles. The SMILES string of the molecule is CCNC(=NCC(C)(O)c1cnn(C)c1)NCCc1ccc(OC(F)(F)F)cc1. The summed E-state index contributed by atoms with van der Waals surface area (Å²) in [5.74, 6) is 0.287. The van der Waals surface area contributed by atoms with Gasteiger partial charge in [0.2, 0.25) is 0 Å². The zero-order chi connectivity index (χ0) is 21.5. The van der Waals surface area contributed by atoms with Gasteiger partial charge in [-0.25, -0.2) is 4.99 Å². The Bertz CT molecular complexity index is 801. The van der Waals surface area contributed by atoms with Gasteiger partial charge in [0.25, 0.3) is 0 Å². The number of halogens is 3. The molecule has 0 radical (unpaired) electrons. The number of alkyl halides is 3. The standard InChI is InChI=1S/C19H26F3N5O2/c1-4-23-17(25-13-18(2,28)15-11-26-27(3)12-15)24-10-9-14-5-7-16(8-6-14)29-19(20,21)22/h5-8,11-12,28H,4,9-10,13H2,1-3H3,(H2,23,24,25). The number of hydrogen-bond acceptors (Lipinski definition) is 4. The highest BCUT2D eigenvalue weighted by molar-refractivity contribution is 5.79. The van der Waals surface area contributed by atoms with Gasteiger partial charge in [-0.2, -0.15) is 5.10 Å². The van der Waals surface area contributed by atoms with E-state index in [1.54, 1.807) is 43.2 Å². The van der Waals surface area contributed by atoms with Gasteiger partial charge in [-0.3, -0.25) is 4.68 Å². The van der Waals surface area contributed by atoms with Crippen molar-refractivity contribution in [1.29, 1.82) is 0 Å². The third-order valence-corrected chi connectivity index (χ3v) is 4.08. The fourth-order valence-electron chi connectivity index (χ4n) is 2.55. The molecule has 29 heavy (non-hydrogen) atoms. The first kappa shape index (κ1) is 22.5. The fourth-order valence-corrected chi connectivity index (χ4v) is 2.55. The first-order valence-electron chi connectivity index (χ1n) is 9.17. The third kappa shape index (κ3) is 7.65. The first-order valence-corrected chi connectivity index (χ1v) is 9.17. The second kappa shape index (κ2) is 9.64. The molecule has 3 N–H and O–H groups in total. The second-order valence-corrected chi connectivity index (χ2v) is 6.74. The van der Waals surface area contributed by atoms with E-state index in [-0.39, 0.29) is 12.3 Å². The molecule has 0 aliphatic heterocycles. The highest BCUT2D eigenvalue weighted by Gasteiger charge is 2.31. The highest BCUT2D eigenvalue weighted by Crippen LogP contribution is 2.23. The Morgan fingerprint density at radius 2 is 1.93 bits per heavy atom. The van der Waals surface area contributed by atoms with Gasteiger partial charge in [-0.1, -0.05) is 12.1 Å². The van der Waals surface area contributed by atoms with Gasteiger partial charge < -0.3 is 20.5 Å². The van der Waals surface area contributed by atoms with Crippen LogP contribution in [0.1, 0.15) is 25.0 Å². The van der Waals surface area contributed by atoms with E-state index >= 15 is 0 Å². The van der Waals surface area contributed by atoms with Gasteiger partial charge in [-0.05, 0) is 38.0 Å². The van der Waals surface area contributed by atoms with Crippen LogP contribution < -0.4 is 15.4 Å². The van der Waals surface area contributed by atoms with E-state index in [1.807, 2.05) is 6.92 Å². The van der Waals surface area contributed by atoms with Crippen molar-refractivity contribution in [2.45, 2.75) is 32.2 Å². The van der Waals surface area contributed by atoms with Crippen LogP contribution in [0.25, 0.3) is 0 Å². The van der Waals surface area contributed by atoms with Crippen molar-refractivity contribution in [3.8, 4) is 5.75 Å². The summed E-state index contributed by atoms with van der Waals surface area (Å²) in [7, 11) is 1.77. The summed E-state index contributed by atoms with van der Waals surface area (Å²) in [6.45, 7) is 4.89. The number of hydrogen-bond donors (Lipinski definition) is 3. The lowest BCUT2D eigenvalue weighted by Gasteiger charge is -2.20. The molecule has 160 valence electrons. The average molecular weight is 413 g/mol. The van der Waals surface area contributed by atoms with Crippen LogP contribution in [0.4, 0.5) is 13.2 Å². The van der Waals surface area contributed by atoms with Crippen LogP contribution in [-0.4, -0.2) is 46.8 Å². The number of aliphatic imine (C=N–C) groups is 1. The number of nitrogens with zero attached hydrogens (tertiary/aromatic N) is 3. The predicted molar refractivity (Wildman–Crippen MR) is 104 cm³/mol. The van der Waals surface area contributed by atoms with Crippen molar-refractivity contribution in [2.24, 2.45) is 12.0 Å². The molecular formula is C19H26F3N5O2. The van der Waals surface area contributed by atoms with E-state index in [0.717, 1.165) is 5.56 Å². The van der Waals surface area contributed by atoms with Crippen LogP contribution in [0.5, 0.6) is 5.75 Å². The molecule has 7 nitrogen and oxygen atoms in total. The Kier molecular flexibility index (Phi) is 7.49. The lowest BCUT2D eigenvalue weighted by Crippen LogP contribution is -2.39. The Labute approximate surface area is 167 Å². The lowest BCUT2D eigenvalue weighted by atomic mass is 10.0. The fraction of sp³-hybridized carbons (Fsp3) is 0.474. The molecule has 0 spiro atoms. The number of aliphatic hydroxyl groups is 1. The number of ether oxygens (including phenoxy) is 1. The zero-order valence-corrected chi connectivity index (χ0v) is 16.6. The molecule has 1 heterocycles. The largest absolute Gasteiger partial charge is 0.573 e. The van der Waals surface area contributed by atoms with E-state index in [2.05, 4.69) is 25.5 Å². The molecule has 0 aliphatic rings. The number of nitrogens with one attached hydrogen (secondary N) is 2. The van der Waals surface area contributed by atoms with Gasteiger partial charge in [0.05, 0.1) is 12.7 Å². The molecular weight excluding hydrogens is 387 g/mol. The minimum atomic E-state index is -4.70. The van der Waals surface area contributed by atoms with E-state index in [9.17, 15) is 18.3 Å².